The number of rotatable bonds is 1. The van der Waals surface area contributed by atoms with Crippen molar-refractivity contribution >= 4 is 15.7 Å². The molecule has 1 unspecified atom stereocenters. The summed E-state index contributed by atoms with van der Waals surface area (Å²) in [6.45, 7) is 2.09. The van der Waals surface area contributed by atoms with Crippen molar-refractivity contribution in [1.82, 2.24) is 4.90 Å². The molecule has 1 amide bonds. The highest BCUT2D eigenvalue weighted by Gasteiger charge is 2.42. The molecule has 0 radical (unpaired) electrons. The fourth-order valence-electron chi connectivity index (χ4n) is 2.98. The zero-order valence-corrected chi connectivity index (χ0v) is 11.7. The van der Waals surface area contributed by atoms with E-state index in [0.29, 0.717) is 6.54 Å². The summed E-state index contributed by atoms with van der Waals surface area (Å²) in [5.41, 5.74) is 5.47. The average molecular weight is 274 g/mol. The van der Waals surface area contributed by atoms with Gasteiger partial charge < -0.3 is 10.6 Å². The van der Waals surface area contributed by atoms with Crippen LogP contribution in [0.25, 0.3) is 0 Å². The molecule has 1 aliphatic carbocycles. The minimum atomic E-state index is -2.98. The molecule has 0 aromatic rings. The van der Waals surface area contributed by atoms with Crippen LogP contribution in [0.5, 0.6) is 0 Å². The zero-order chi connectivity index (χ0) is 13.4. The van der Waals surface area contributed by atoms with Crippen molar-refractivity contribution in [3.8, 4) is 0 Å². The Hall–Kier alpha value is -0.620. The van der Waals surface area contributed by atoms with Crippen molar-refractivity contribution in [2.45, 2.75) is 50.6 Å². The van der Waals surface area contributed by atoms with Crippen molar-refractivity contribution < 1.29 is 13.2 Å². The zero-order valence-electron chi connectivity index (χ0n) is 10.9. The maximum atomic E-state index is 12.5. The van der Waals surface area contributed by atoms with Gasteiger partial charge in [-0.2, -0.15) is 0 Å². The molecule has 1 atom stereocenters. The van der Waals surface area contributed by atoms with Gasteiger partial charge >= 0.3 is 0 Å². The summed E-state index contributed by atoms with van der Waals surface area (Å²) in [6.07, 6.45) is 4.56. The monoisotopic (exact) mass is 274 g/mol. The predicted octanol–water partition coefficient (Wildman–Crippen LogP) is 0.294. The third-order valence-corrected chi connectivity index (χ3v) is 5.90. The van der Waals surface area contributed by atoms with Gasteiger partial charge in [0.15, 0.2) is 9.84 Å². The molecule has 2 fully saturated rings. The van der Waals surface area contributed by atoms with Crippen LogP contribution in [0, 0.1) is 0 Å². The highest BCUT2D eigenvalue weighted by molar-refractivity contribution is 7.91. The van der Waals surface area contributed by atoms with E-state index in [0.717, 1.165) is 32.1 Å². The van der Waals surface area contributed by atoms with E-state index in [-0.39, 0.29) is 23.5 Å². The van der Waals surface area contributed by atoms with Crippen LogP contribution in [0.15, 0.2) is 0 Å². The van der Waals surface area contributed by atoms with Gasteiger partial charge in [0.1, 0.15) is 0 Å². The van der Waals surface area contributed by atoms with Gasteiger partial charge in [-0.05, 0) is 19.8 Å². The lowest BCUT2D eigenvalue weighted by Gasteiger charge is -2.41. The van der Waals surface area contributed by atoms with Crippen molar-refractivity contribution in [3.63, 3.8) is 0 Å². The molecule has 2 N–H and O–H groups in total. The molecule has 1 heterocycles. The van der Waals surface area contributed by atoms with Crippen LogP contribution >= 0.6 is 0 Å². The summed E-state index contributed by atoms with van der Waals surface area (Å²) in [4.78, 5) is 14.2. The number of hydrogen-bond acceptors (Lipinski definition) is 4. The summed E-state index contributed by atoms with van der Waals surface area (Å²) < 4.78 is 23.0. The fourth-order valence-corrected chi connectivity index (χ4v) is 4.54. The molecule has 104 valence electrons. The molecule has 18 heavy (non-hydrogen) atoms. The Bertz CT molecular complexity index is 427. The Labute approximate surface area is 109 Å². The molecule has 1 saturated carbocycles. The number of hydrogen-bond donors (Lipinski definition) is 1. The molecule has 6 heteroatoms. The number of carbonyl (C=O) groups excluding carboxylic acids is 1. The van der Waals surface area contributed by atoms with Crippen molar-refractivity contribution in [3.05, 3.63) is 0 Å². The number of sulfone groups is 1. The lowest BCUT2D eigenvalue weighted by atomic mass is 9.81. The van der Waals surface area contributed by atoms with E-state index in [4.69, 9.17) is 5.73 Å². The largest absolute Gasteiger partial charge is 0.336 e. The SMILES string of the molecule is CC1CS(=O)(=O)CCN1C(=O)C1(N)CCCCC1. The Balaban J connectivity index is 2.09. The second kappa shape index (κ2) is 4.81. The Morgan fingerprint density at radius 3 is 2.44 bits per heavy atom. The standard InChI is InChI=1S/C12H22N2O3S/c1-10-9-18(16,17)8-7-14(10)11(15)12(13)5-3-2-4-6-12/h10H,2-9,13H2,1H3. The van der Waals surface area contributed by atoms with Crippen molar-refractivity contribution in [1.29, 1.82) is 0 Å². The van der Waals surface area contributed by atoms with Gasteiger partial charge in [-0.15, -0.1) is 0 Å². The molecule has 2 aliphatic rings. The molecule has 1 saturated heterocycles. The molecule has 0 spiro atoms. The lowest BCUT2D eigenvalue weighted by molar-refractivity contribution is -0.139. The topological polar surface area (TPSA) is 80.5 Å². The number of amides is 1. The van der Waals surface area contributed by atoms with E-state index in [2.05, 4.69) is 0 Å². The van der Waals surface area contributed by atoms with Crippen LogP contribution in [0.1, 0.15) is 39.0 Å². The molecule has 0 aromatic carbocycles. The van der Waals surface area contributed by atoms with E-state index < -0.39 is 15.4 Å². The van der Waals surface area contributed by atoms with Crippen LogP contribution < -0.4 is 5.73 Å². The van der Waals surface area contributed by atoms with Gasteiger partial charge in [0.05, 0.1) is 17.0 Å². The van der Waals surface area contributed by atoms with E-state index >= 15 is 0 Å². The number of carbonyl (C=O) groups is 1. The number of nitrogens with zero attached hydrogens (tertiary/aromatic N) is 1. The minimum absolute atomic E-state index is 0.0513. The van der Waals surface area contributed by atoms with Crippen LogP contribution in [0.2, 0.25) is 0 Å². The first kappa shape index (κ1) is 13.8. The van der Waals surface area contributed by atoms with E-state index in [1.54, 1.807) is 11.8 Å². The fraction of sp³-hybridized carbons (Fsp3) is 0.917. The summed E-state index contributed by atoms with van der Waals surface area (Å²) in [7, 11) is -2.98. The highest BCUT2D eigenvalue weighted by Crippen LogP contribution is 2.29. The van der Waals surface area contributed by atoms with Gasteiger partial charge in [0.25, 0.3) is 0 Å². The molecule has 2 rings (SSSR count). The number of nitrogens with two attached hydrogens (primary N) is 1. The Morgan fingerprint density at radius 2 is 1.89 bits per heavy atom. The second-order valence-corrected chi connectivity index (χ2v) is 7.91. The van der Waals surface area contributed by atoms with Gasteiger partial charge in [-0.3, -0.25) is 4.79 Å². The first-order chi connectivity index (χ1) is 8.34. The van der Waals surface area contributed by atoms with Gasteiger partial charge in [0, 0.05) is 12.6 Å². The van der Waals surface area contributed by atoms with E-state index in [1.165, 1.54) is 0 Å². The smallest absolute Gasteiger partial charge is 0.242 e. The van der Waals surface area contributed by atoms with E-state index in [9.17, 15) is 13.2 Å². The first-order valence-electron chi connectivity index (χ1n) is 6.64. The maximum Gasteiger partial charge on any atom is 0.242 e. The van der Waals surface area contributed by atoms with Crippen molar-refractivity contribution in [2.75, 3.05) is 18.1 Å². The maximum absolute atomic E-state index is 12.5. The Kier molecular flexibility index (Phi) is 3.69. The highest BCUT2D eigenvalue weighted by atomic mass is 32.2. The molecular weight excluding hydrogens is 252 g/mol. The Morgan fingerprint density at radius 1 is 1.28 bits per heavy atom. The third-order valence-electron chi connectivity index (χ3n) is 4.10. The summed E-state index contributed by atoms with van der Waals surface area (Å²) in [5, 5.41) is 0. The predicted molar refractivity (Wildman–Crippen MR) is 69.8 cm³/mol. The van der Waals surface area contributed by atoms with Crippen LogP contribution in [0.3, 0.4) is 0 Å². The molecule has 0 aromatic heterocycles. The normalized spacial score (nSPS) is 31.0. The van der Waals surface area contributed by atoms with Gasteiger partial charge in [-0.25, -0.2) is 8.42 Å². The second-order valence-electron chi connectivity index (χ2n) is 5.68. The lowest BCUT2D eigenvalue weighted by Crippen LogP contribution is -2.61. The quantitative estimate of drug-likeness (QED) is 0.745. The summed E-state index contributed by atoms with van der Waals surface area (Å²) >= 11 is 0. The summed E-state index contributed by atoms with van der Waals surface area (Å²) in [6, 6.07) is -0.251. The molecule has 5 nitrogen and oxygen atoms in total. The molecule has 0 bridgehead atoms. The van der Waals surface area contributed by atoms with Crippen LogP contribution in [0.4, 0.5) is 0 Å². The third kappa shape index (κ3) is 2.69. The van der Waals surface area contributed by atoms with Crippen LogP contribution in [-0.4, -0.2) is 48.9 Å². The molecule has 1 aliphatic heterocycles. The van der Waals surface area contributed by atoms with Crippen LogP contribution in [-0.2, 0) is 14.6 Å². The van der Waals surface area contributed by atoms with Crippen molar-refractivity contribution in [2.24, 2.45) is 5.73 Å². The summed E-state index contributed by atoms with van der Waals surface area (Å²) in [5.74, 6) is 0.0816. The first-order valence-corrected chi connectivity index (χ1v) is 8.47. The molecular formula is C12H22N2O3S. The van der Waals surface area contributed by atoms with E-state index in [1.807, 2.05) is 0 Å². The van der Waals surface area contributed by atoms with Gasteiger partial charge in [-0.1, -0.05) is 19.3 Å². The average Bonchev–Trinajstić information content (AvgIpc) is 2.28. The minimum Gasteiger partial charge on any atom is -0.336 e. The van der Waals surface area contributed by atoms with Gasteiger partial charge in [0.2, 0.25) is 5.91 Å².